The zero-order chi connectivity index (χ0) is 12.4. The van der Waals surface area contributed by atoms with Crippen molar-refractivity contribution in [2.45, 2.75) is 12.6 Å². The fraction of sp³-hybridized carbons (Fsp3) is 0.125. The minimum Gasteiger partial charge on any atom is -0.309 e. The summed E-state index contributed by atoms with van der Waals surface area (Å²) in [4.78, 5) is 10.6. The Hall–Kier alpha value is -1.94. The maximum Gasteiger partial charge on any atom is 0.221 e. The minimum absolute atomic E-state index is 0.438. The molecule has 3 aromatic rings. The van der Waals surface area contributed by atoms with Crippen molar-refractivity contribution in [2.24, 2.45) is 0 Å². The first-order chi connectivity index (χ1) is 9.42. The van der Waals surface area contributed by atoms with E-state index in [-0.39, 0.29) is 0 Å². The first-order valence-electron chi connectivity index (χ1n) is 6.34. The first kappa shape index (κ1) is 9.92. The first-order valence-corrected chi connectivity index (χ1v) is 6.34. The topological polar surface area (TPSA) is 27.7 Å². The second kappa shape index (κ2) is 3.33. The quantitative estimate of drug-likeness (QED) is 0.446. The van der Waals surface area contributed by atoms with E-state index in [2.05, 4.69) is 24.3 Å². The summed E-state index contributed by atoms with van der Waals surface area (Å²) in [5.74, 6) is 0. The van der Waals surface area contributed by atoms with Crippen LogP contribution in [-0.4, -0.2) is 0 Å². The van der Waals surface area contributed by atoms with Crippen molar-refractivity contribution in [1.29, 1.82) is 0 Å². The minimum atomic E-state index is -0.438. The van der Waals surface area contributed by atoms with Crippen LogP contribution in [0.2, 0.25) is 0 Å². The highest BCUT2D eigenvalue weighted by Gasteiger charge is 2.36. The Bertz CT molecular complexity index is 756. The largest absolute Gasteiger partial charge is 0.309 e. The number of fused-ring (bicyclic) bond motifs is 4. The third kappa shape index (κ3) is 1.17. The predicted octanol–water partition coefficient (Wildman–Crippen LogP) is 3.98. The van der Waals surface area contributed by atoms with Gasteiger partial charge in [-0.05, 0) is 21.5 Å². The second-order valence-electron chi connectivity index (χ2n) is 4.95. The van der Waals surface area contributed by atoms with E-state index >= 15 is 0 Å². The number of rotatable bonds is 0. The average molecular weight is 250 g/mol. The molecule has 2 aliphatic heterocycles. The molecule has 92 valence electrons. The van der Waals surface area contributed by atoms with E-state index in [1.807, 2.05) is 24.3 Å². The van der Waals surface area contributed by atoms with Gasteiger partial charge in [0.05, 0.1) is 0 Å². The number of benzene rings is 3. The van der Waals surface area contributed by atoms with Crippen LogP contribution in [0.25, 0.3) is 21.5 Å². The molecule has 2 unspecified atom stereocenters. The Morgan fingerprint density at radius 1 is 0.632 bits per heavy atom. The van der Waals surface area contributed by atoms with E-state index < -0.39 is 12.6 Å². The van der Waals surface area contributed by atoms with E-state index in [9.17, 15) is 0 Å². The zero-order valence-corrected chi connectivity index (χ0v) is 10.00. The third-order valence-electron chi connectivity index (χ3n) is 3.94. The van der Waals surface area contributed by atoms with Crippen molar-refractivity contribution in [3.8, 4) is 0 Å². The molecule has 2 aliphatic rings. The molecule has 1 fully saturated rings. The highest BCUT2D eigenvalue weighted by Crippen LogP contribution is 2.46. The van der Waals surface area contributed by atoms with Crippen LogP contribution >= 0.6 is 0 Å². The van der Waals surface area contributed by atoms with Gasteiger partial charge in [-0.15, -0.1) is 0 Å². The molecule has 3 heteroatoms. The normalized spacial score (nSPS) is 24.2. The maximum atomic E-state index is 5.84. The van der Waals surface area contributed by atoms with Gasteiger partial charge in [0.1, 0.15) is 0 Å². The monoisotopic (exact) mass is 250 g/mol. The summed E-state index contributed by atoms with van der Waals surface area (Å²) in [6, 6.07) is 16.7. The fourth-order valence-corrected chi connectivity index (χ4v) is 3.11. The van der Waals surface area contributed by atoms with Crippen LogP contribution in [0.1, 0.15) is 23.7 Å². The average Bonchev–Trinajstić information content (AvgIpc) is 2.89. The zero-order valence-electron chi connectivity index (χ0n) is 10.00. The van der Waals surface area contributed by atoms with Crippen molar-refractivity contribution in [2.75, 3.05) is 0 Å². The molecule has 0 aliphatic carbocycles. The lowest BCUT2D eigenvalue weighted by atomic mass is 9.94. The molecule has 0 spiro atoms. The van der Waals surface area contributed by atoms with Crippen molar-refractivity contribution in [3.63, 3.8) is 0 Å². The third-order valence-corrected chi connectivity index (χ3v) is 3.94. The van der Waals surface area contributed by atoms with Crippen molar-refractivity contribution in [3.05, 3.63) is 59.7 Å². The SMILES string of the molecule is c1cc2c3c(c1)ccc1cccc(c13)C1OOC2O1. The van der Waals surface area contributed by atoms with Gasteiger partial charge in [-0.2, -0.15) is 9.78 Å². The highest BCUT2D eigenvalue weighted by atomic mass is 17.3. The molecule has 0 radical (unpaired) electrons. The molecule has 2 heterocycles. The molecular weight excluding hydrogens is 240 g/mol. The summed E-state index contributed by atoms with van der Waals surface area (Å²) in [6.45, 7) is 0. The van der Waals surface area contributed by atoms with Crippen LogP contribution in [0.3, 0.4) is 0 Å². The molecule has 0 amide bonds. The lowest BCUT2D eigenvalue weighted by molar-refractivity contribution is -0.300. The summed E-state index contributed by atoms with van der Waals surface area (Å²) in [6.07, 6.45) is -0.876. The van der Waals surface area contributed by atoms with Crippen LogP contribution < -0.4 is 0 Å². The van der Waals surface area contributed by atoms with Gasteiger partial charge in [0.25, 0.3) is 0 Å². The van der Waals surface area contributed by atoms with Gasteiger partial charge >= 0.3 is 0 Å². The summed E-state index contributed by atoms with van der Waals surface area (Å²) in [5.41, 5.74) is 2.08. The number of hydrogen-bond donors (Lipinski definition) is 0. The van der Waals surface area contributed by atoms with Gasteiger partial charge in [0.2, 0.25) is 12.6 Å². The highest BCUT2D eigenvalue weighted by molar-refractivity contribution is 6.11. The second-order valence-corrected chi connectivity index (χ2v) is 4.95. The van der Waals surface area contributed by atoms with Gasteiger partial charge in [0, 0.05) is 11.1 Å². The smallest absolute Gasteiger partial charge is 0.221 e. The van der Waals surface area contributed by atoms with Gasteiger partial charge in [-0.3, -0.25) is 0 Å². The molecule has 0 saturated carbocycles. The molecule has 0 aromatic heterocycles. The van der Waals surface area contributed by atoms with E-state index in [4.69, 9.17) is 14.5 Å². The molecule has 3 nitrogen and oxygen atoms in total. The Kier molecular flexibility index (Phi) is 1.74. The summed E-state index contributed by atoms with van der Waals surface area (Å²) >= 11 is 0. The molecular formula is C16H10O3. The van der Waals surface area contributed by atoms with Crippen LogP contribution in [-0.2, 0) is 14.5 Å². The molecule has 19 heavy (non-hydrogen) atoms. The molecule has 2 bridgehead atoms. The fourth-order valence-electron chi connectivity index (χ4n) is 3.11. The standard InChI is InChI=1S/C16H10O3/c1-3-9-7-8-10-4-2-6-12-14(10)13(9)11(5-1)15-17-16(12)19-18-15/h1-8,15-16H. The molecule has 1 saturated heterocycles. The van der Waals surface area contributed by atoms with Gasteiger partial charge in [-0.25, -0.2) is 0 Å². The lowest BCUT2D eigenvalue weighted by Gasteiger charge is -2.13. The summed E-state index contributed by atoms with van der Waals surface area (Å²) in [7, 11) is 0. The van der Waals surface area contributed by atoms with E-state index in [1.54, 1.807) is 0 Å². The Morgan fingerprint density at radius 3 is 1.68 bits per heavy atom. The van der Waals surface area contributed by atoms with Crippen molar-refractivity contribution >= 4 is 21.5 Å². The molecule has 2 atom stereocenters. The Morgan fingerprint density at radius 2 is 1.16 bits per heavy atom. The lowest BCUT2D eigenvalue weighted by Crippen LogP contribution is -1.98. The van der Waals surface area contributed by atoms with Crippen molar-refractivity contribution in [1.82, 2.24) is 0 Å². The van der Waals surface area contributed by atoms with Crippen LogP contribution in [0.5, 0.6) is 0 Å². The molecule has 0 N–H and O–H groups in total. The van der Waals surface area contributed by atoms with E-state index in [0.717, 1.165) is 11.1 Å². The summed E-state index contributed by atoms with van der Waals surface area (Å²) < 4.78 is 5.84. The maximum absolute atomic E-state index is 5.84. The van der Waals surface area contributed by atoms with Crippen molar-refractivity contribution < 1.29 is 14.5 Å². The number of ether oxygens (including phenoxy) is 1. The molecule has 5 rings (SSSR count). The number of hydrogen-bond acceptors (Lipinski definition) is 3. The molecule has 3 aromatic carbocycles. The van der Waals surface area contributed by atoms with Gasteiger partial charge in [-0.1, -0.05) is 48.5 Å². The van der Waals surface area contributed by atoms with Gasteiger partial charge in [0.15, 0.2) is 0 Å². The van der Waals surface area contributed by atoms with Gasteiger partial charge < -0.3 is 4.74 Å². The Labute approximate surface area is 109 Å². The van der Waals surface area contributed by atoms with Crippen LogP contribution in [0.15, 0.2) is 48.5 Å². The van der Waals surface area contributed by atoms with E-state index in [0.29, 0.717) is 0 Å². The van der Waals surface area contributed by atoms with Crippen LogP contribution in [0.4, 0.5) is 0 Å². The Balaban J connectivity index is 2.11. The van der Waals surface area contributed by atoms with Crippen LogP contribution in [0, 0.1) is 0 Å². The van der Waals surface area contributed by atoms with E-state index in [1.165, 1.54) is 21.5 Å². The predicted molar refractivity (Wildman–Crippen MR) is 70.2 cm³/mol. The summed E-state index contributed by atoms with van der Waals surface area (Å²) in [5, 5.41) is 4.84.